The second kappa shape index (κ2) is 8.74. The maximum absolute atomic E-state index is 13.0. The molecule has 1 fully saturated rings. The van der Waals surface area contributed by atoms with Crippen LogP contribution < -0.4 is 10.6 Å². The predicted molar refractivity (Wildman–Crippen MR) is 122 cm³/mol. The van der Waals surface area contributed by atoms with Crippen LogP contribution in [0.4, 0.5) is 5.69 Å². The summed E-state index contributed by atoms with van der Waals surface area (Å²) in [6.45, 7) is 4.38. The van der Waals surface area contributed by atoms with Gasteiger partial charge in [-0.2, -0.15) is 8.42 Å². The van der Waals surface area contributed by atoms with E-state index in [9.17, 15) is 18.0 Å². The zero-order valence-corrected chi connectivity index (χ0v) is 18.9. The van der Waals surface area contributed by atoms with Crippen molar-refractivity contribution in [2.24, 2.45) is 4.40 Å². The van der Waals surface area contributed by atoms with Crippen molar-refractivity contribution in [3.05, 3.63) is 59.7 Å². The van der Waals surface area contributed by atoms with Gasteiger partial charge in [0.15, 0.2) is 5.84 Å². The molecule has 0 radical (unpaired) electrons. The number of fused-ring (bicyclic) bond motifs is 1. The van der Waals surface area contributed by atoms with Crippen LogP contribution in [-0.2, 0) is 26.0 Å². The fraction of sp³-hybridized carbons (Fsp3) is 0.348. The van der Waals surface area contributed by atoms with Crippen molar-refractivity contribution < 1.29 is 18.0 Å². The lowest BCUT2D eigenvalue weighted by Gasteiger charge is -2.25. The van der Waals surface area contributed by atoms with Gasteiger partial charge in [-0.25, -0.2) is 0 Å². The molecule has 0 unspecified atom stereocenters. The first-order valence-electron chi connectivity index (χ1n) is 10.6. The lowest BCUT2D eigenvalue weighted by atomic mass is 10.1. The molecule has 2 amide bonds. The van der Waals surface area contributed by atoms with E-state index in [0.717, 1.165) is 12.0 Å². The van der Waals surface area contributed by atoms with Crippen molar-refractivity contribution in [1.29, 1.82) is 0 Å². The Hall–Kier alpha value is -3.20. The minimum atomic E-state index is -3.74. The Balaban J connectivity index is 1.45. The van der Waals surface area contributed by atoms with Gasteiger partial charge in [0.2, 0.25) is 11.8 Å². The summed E-state index contributed by atoms with van der Waals surface area (Å²) in [6, 6.07) is 13.4. The zero-order valence-electron chi connectivity index (χ0n) is 18.0. The number of hydrogen-bond donors (Lipinski definition) is 2. The number of hydrogen-bond acceptors (Lipinski definition) is 5. The fourth-order valence-corrected chi connectivity index (χ4v) is 5.30. The summed E-state index contributed by atoms with van der Waals surface area (Å²) < 4.78 is 28.8. The monoisotopic (exact) mass is 454 g/mol. The van der Waals surface area contributed by atoms with Gasteiger partial charge in [0.05, 0.1) is 6.42 Å². The van der Waals surface area contributed by atoms with E-state index < -0.39 is 16.1 Å². The first kappa shape index (κ1) is 22.0. The second-order valence-corrected chi connectivity index (χ2v) is 9.90. The Morgan fingerprint density at radius 1 is 1.12 bits per heavy atom. The van der Waals surface area contributed by atoms with E-state index >= 15 is 0 Å². The topological polar surface area (TPSA) is 108 Å². The van der Waals surface area contributed by atoms with E-state index in [-0.39, 0.29) is 29.2 Å². The van der Waals surface area contributed by atoms with Gasteiger partial charge in [0.1, 0.15) is 10.9 Å². The summed E-state index contributed by atoms with van der Waals surface area (Å²) in [5.74, 6) is 0.0768. The van der Waals surface area contributed by atoms with Crippen molar-refractivity contribution in [2.45, 2.75) is 50.1 Å². The Labute approximate surface area is 187 Å². The van der Waals surface area contributed by atoms with E-state index in [4.69, 9.17) is 0 Å². The first-order valence-corrected chi connectivity index (χ1v) is 12.1. The quantitative estimate of drug-likeness (QED) is 0.721. The largest absolute Gasteiger partial charge is 0.354 e. The lowest BCUT2D eigenvalue weighted by Crippen LogP contribution is -2.43. The van der Waals surface area contributed by atoms with Crippen LogP contribution in [0, 0.1) is 0 Å². The molecule has 0 aromatic heterocycles. The molecule has 2 N–H and O–H groups in total. The van der Waals surface area contributed by atoms with Crippen molar-refractivity contribution in [3.8, 4) is 0 Å². The molecule has 0 spiro atoms. The molecular formula is C23H26N4O4S. The Bertz CT molecular complexity index is 1170. The van der Waals surface area contributed by atoms with Crippen LogP contribution in [0.25, 0.3) is 0 Å². The Kier molecular flexibility index (Phi) is 6.01. The minimum Gasteiger partial charge on any atom is -0.354 e. The van der Waals surface area contributed by atoms with Crippen LogP contribution >= 0.6 is 0 Å². The molecule has 0 saturated carbocycles. The van der Waals surface area contributed by atoms with Crippen LogP contribution in [0.1, 0.15) is 37.8 Å². The first-order chi connectivity index (χ1) is 15.2. The van der Waals surface area contributed by atoms with Crippen LogP contribution in [0.15, 0.2) is 57.8 Å². The number of rotatable bonds is 5. The number of amidine groups is 1. The summed E-state index contributed by atoms with van der Waals surface area (Å²) in [7, 11) is -3.74. The number of likely N-dealkylation sites (tertiary alicyclic amines) is 1. The molecule has 2 aromatic rings. The number of nitrogens with one attached hydrogen (secondary N) is 2. The van der Waals surface area contributed by atoms with Gasteiger partial charge >= 0.3 is 0 Å². The van der Waals surface area contributed by atoms with Gasteiger partial charge in [-0.15, -0.1) is 4.40 Å². The molecule has 2 aliphatic heterocycles. The Morgan fingerprint density at radius 3 is 2.56 bits per heavy atom. The zero-order chi connectivity index (χ0) is 22.9. The molecule has 1 saturated heterocycles. The highest BCUT2D eigenvalue weighted by molar-refractivity contribution is 7.90. The summed E-state index contributed by atoms with van der Waals surface area (Å²) in [5.41, 5.74) is 2.01. The van der Waals surface area contributed by atoms with Crippen LogP contribution in [0.2, 0.25) is 0 Å². The van der Waals surface area contributed by atoms with Crippen molar-refractivity contribution in [3.63, 3.8) is 0 Å². The normalized spacial score (nSPS) is 18.9. The van der Waals surface area contributed by atoms with Gasteiger partial charge in [-0.05, 0) is 56.5 Å². The fourth-order valence-electron chi connectivity index (χ4n) is 4.08. The highest BCUT2D eigenvalue weighted by atomic mass is 32.2. The summed E-state index contributed by atoms with van der Waals surface area (Å²) in [5, 5.41) is 5.76. The third kappa shape index (κ3) is 4.52. The van der Waals surface area contributed by atoms with Crippen LogP contribution in [0.5, 0.6) is 0 Å². The molecule has 8 nitrogen and oxygen atoms in total. The average molecular weight is 455 g/mol. The number of nitrogens with zero attached hydrogens (tertiary/aromatic N) is 2. The molecule has 4 rings (SSSR count). The van der Waals surface area contributed by atoms with Gasteiger partial charge in [-0.3, -0.25) is 9.59 Å². The van der Waals surface area contributed by atoms with E-state index in [1.54, 1.807) is 35.2 Å². The molecule has 2 heterocycles. The van der Waals surface area contributed by atoms with E-state index in [1.165, 1.54) is 6.07 Å². The second-order valence-electron chi connectivity index (χ2n) is 8.32. The number of amides is 2. The molecule has 2 aromatic carbocycles. The van der Waals surface area contributed by atoms with Crippen LogP contribution in [-0.4, -0.2) is 49.6 Å². The lowest BCUT2D eigenvalue weighted by molar-refractivity contribution is -0.121. The molecule has 168 valence electrons. The molecule has 0 aliphatic carbocycles. The third-order valence-electron chi connectivity index (χ3n) is 5.48. The summed E-state index contributed by atoms with van der Waals surface area (Å²) in [4.78, 5) is 26.9. The minimum absolute atomic E-state index is 0.0500. The molecular weight excluding hydrogens is 428 g/mol. The van der Waals surface area contributed by atoms with Crippen LogP contribution in [0.3, 0.4) is 0 Å². The van der Waals surface area contributed by atoms with Crippen molar-refractivity contribution in [2.75, 3.05) is 11.9 Å². The highest BCUT2D eigenvalue weighted by Gasteiger charge is 2.39. The smallest absolute Gasteiger partial charge is 0.285 e. The highest BCUT2D eigenvalue weighted by Crippen LogP contribution is 2.31. The number of carbonyl (C=O) groups is 2. The predicted octanol–water partition coefficient (Wildman–Crippen LogP) is 2.31. The average Bonchev–Trinajstić information content (AvgIpc) is 3.32. The number of carbonyl (C=O) groups excluding carboxylic acids is 2. The van der Waals surface area contributed by atoms with E-state index in [2.05, 4.69) is 15.0 Å². The summed E-state index contributed by atoms with van der Waals surface area (Å²) in [6.07, 6.45) is 1.65. The number of anilines is 1. The molecule has 9 heteroatoms. The molecule has 0 bridgehead atoms. The molecule has 1 atom stereocenters. The van der Waals surface area contributed by atoms with Gasteiger partial charge < -0.3 is 15.5 Å². The van der Waals surface area contributed by atoms with Crippen molar-refractivity contribution in [1.82, 2.24) is 10.2 Å². The summed E-state index contributed by atoms with van der Waals surface area (Å²) >= 11 is 0. The molecule has 2 aliphatic rings. The number of benzene rings is 2. The van der Waals surface area contributed by atoms with Crippen molar-refractivity contribution >= 4 is 33.4 Å². The van der Waals surface area contributed by atoms with E-state index in [1.807, 2.05) is 26.0 Å². The van der Waals surface area contributed by atoms with E-state index in [0.29, 0.717) is 30.1 Å². The maximum Gasteiger partial charge on any atom is 0.285 e. The van der Waals surface area contributed by atoms with Gasteiger partial charge in [0, 0.05) is 23.8 Å². The van der Waals surface area contributed by atoms with Gasteiger partial charge in [-0.1, -0.05) is 24.3 Å². The van der Waals surface area contributed by atoms with Gasteiger partial charge in [0.25, 0.3) is 10.0 Å². The SMILES string of the molecule is CC(C)NC(=O)Cc1ccc(NC(=O)[C@@H]2CCCN2C2=NS(=O)(=O)c3ccccc32)cc1. The Morgan fingerprint density at radius 2 is 1.84 bits per heavy atom. The third-order valence-corrected chi connectivity index (χ3v) is 6.80. The maximum atomic E-state index is 13.0. The standard InChI is InChI=1S/C23H26N4O4S/c1-15(2)24-21(28)14-16-9-11-17(12-10-16)25-23(29)19-7-5-13-27(19)22-18-6-3-4-8-20(18)32(30,31)26-22/h3-4,6,8-12,15,19H,5,7,13-14H2,1-2H3,(H,24,28)(H,25,29)/t19-/m0/s1. The molecule has 32 heavy (non-hydrogen) atoms. The number of sulfonamides is 1.